The van der Waals surface area contributed by atoms with E-state index in [1.165, 1.54) is 56.2 Å². The van der Waals surface area contributed by atoms with Crippen LogP contribution < -0.4 is 4.90 Å². The third-order valence-electron chi connectivity index (χ3n) is 7.63. The number of carbonyl (C=O) groups excluding carboxylic acids is 2. The summed E-state index contributed by atoms with van der Waals surface area (Å²) in [4.78, 5) is 26.9. The molecule has 1 heterocycles. The van der Waals surface area contributed by atoms with Gasteiger partial charge in [-0.2, -0.15) is 0 Å². The van der Waals surface area contributed by atoms with Crippen LogP contribution >= 0.6 is 0 Å². The molecule has 0 N–H and O–H groups in total. The van der Waals surface area contributed by atoms with Gasteiger partial charge in [0, 0.05) is 0 Å². The zero-order valence-corrected chi connectivity index (χ0v) is 15.7. The van der Waals surface area contributed by atoms with E-state index in [9.17, 15) is 14.0 Å². The molecule has 4 aliphatic carbocycles. The summed E-state index contributed by atoms with van der Waals surface area (Å²) in [5.41, 5.74) is 2.23. The topological polar surface area (TPSA) is 37.4 Å². The average Bonchev–Trinajstić information content (AvgIpc) is 2.92. The Hall–Kier alpha value is -2.49. The fraction of sp³-hybridized carbons (Fsp3) is 0.417. The molecule has 4 fully saturated rings. The maximum absolute atomic E-state index is 14.2. The minimum absolute atomic E-state index is 0.0325. The maximum Gasteiger partial charge on any atom is 0.266 e. The molecule has 4 bridgehead atoms. The zero-order valence-electron chi connectivity index (χ0n) is 15.7. The van der Waals surface area contributed by atoms with Crippen molar-refractivity contribution in [2.24, 2.45) is 17.8 Å². The minimum atomic E-state index is -0.557. The van der Waals surface area contributed by atoms with Crippen molar-refractivity contribution in [3.63, 3.8) is 0 Å². The second-order valence-corrected chi connectivity index (χ2v) is 9.36. The van der Waals surface area contributed by atoms with Gasteiger partial charge in [-0.15, -0.1) is 0 Å². The summed E-state index contributed by atoms with van der Waals surface area (Å²) < 4.78 is 14.2. The van der Waals surface area contributed by atoms with Gasteiger partial charge in [-0.05, 0) is 91.5 Å². The Morgan fingerprint density at radius 2 is 1.43 bits per heavy atom. The third kappa shape index (κ3) is 2.15. The quantitative estimate of drug-likeness (QED) is 0.685. The smallest absolute Gasteiger partial charge is 0.266 e. The molecule has 3 nitrogen and oxygen atoms in total. The molecule has 2 aromatic rings. The van der Waals surface area contributed by atoms with Gasteiger partial charge < -0.3 is 0 Å². The Balaban J connectivity index is 1.41. The van der Waals surface area contributed by atoms with Crippen molar-refractivity contribution in [3.05, 3.63) is 65.0 Å². The largest absolute Gasteiger partial charge is 0.268 e. The number of imide groups is 1. The summed E-state index contributed by atoms with van der Waals surface area (Å²) in [6.07, 6.45) is 7.71. The standard InChI is InChI=1S/C24H22FNO2/c25-20-3-1-2-4-21(20)26-22(27)18-6-5-17(10-19(18)23(26)28)24-11-14-7-15(12-24)9-16(8-14)13-24/h1-6,10,14-16H,7-9,11-13H2. The summed E-state index contributed by atoms with van der Waals surface area (Å²) in [6, 6.07) is 11.8. The van der Waals surface area contributed by atoms with Crippen molar-refractivity contribution in [3.8, 4) is 0 Å². The number of carbonyl (C=O) groups is 2. The van der Waals surface area contributed by atoms with Crippen LogP contribution in [0.25, 0.3) is 0 Å². The maximum atomic E-state index is 14.2. The van der Waals surface area contributed by atoms with Gasteiger partial charge in [-0.3, -0.25) is 9.59 Å². The monoisotopic (exact) mass is 375 g/mol. The first-order valence-electron chi connectivity index (χ1n) is 10.3. The van der Waals surface area contributed by atoms with Gasteiger partial charge in [0.1, 0.15) is 5.82 Å². The SMILES string of the molecule is O=C1c2ccc(C34CC5CC(CC(C5)C3)C4)cc2C(=O)N1c1ccccc1F. The summed E-state index contributed by atoms with van der Waals surface area (Å²) in [7, 11) is 0. The van der Waals surface area contributed by atoms with Crippen molar-refractivity contribution < 1.29 is 14.0 Å². The lowest BCUT2D eigenvalue weighted by Gasteiger charge is -2.57. The first kappa shape index (κ1) is 16.5. The van der Waals surface area contributed by atoms with Gasteiger partial charge >= 0.3 is 0 Å². The fourth-order valence-corrected chi connectivity index (χ4v) is 6.89. The fourth-order valence-electron chi connectivity index (χ4n) is 6.89. The Kier molecular flexibility index (Phi) is 3.25. The molecule has 28 heavy (non-hydrogen) atoms. The zero-order chi connectivity index (χ0) is 19.0. The molecule has 142 valence electrons. The van der Waals surface area contributed by atoms with E-state index in [1.807, 2.05) is 6.07 Å². The lowest BCUT2D eigenvalue weighted by atomic mass is 9.48. The van der Waals surface area contributed by atoms with Crippen molar-refractivity contribution >= 4 is 17.5 Å². The summed E-state index contributed by atoms with van der Waals surface area (Å²) >= 11 is 0. The Morgan fingerprint density at radius 1 is 0.821 bits per heavy atom. The molecule has 0 spiro atoms. The van der Waals surface area contributed by atoms with E-state index in [4.69, 9.17) is 0 Å². The van der Waals surface area contributed by atoms with Gasteiger partial charge in [0.2, 0.25) is 0 Å². The molecule has 2 amide bonds. The number of anilines is 1. The number of hydrogen-bond donors (Lipinski definition) is 0. The summed E-state index contributed by atoms with van der Waals surface area (Å²) in [5, 5.41) is 0. The van der Waals surface area contributed by atoms with Crippen molar-refractivity contribution in [1.82, 2.24) is 0 Å². The molecular weight excluding hydrogens is 353 g/mol. The molecule has 0 saturated heterocycles. The van der Waals surface area contributed by atoms with Crippen molar-refractivity contribution in [1.29, 1.82) is 0 Å². The van der Waals surface area contributed by atoms with E-state index in [1.54, 1.807) is 18.2 Å². The highest BCUT2D eigenvalue weighted by molar-refractivity contribution is 6.34. The van der Waals surface area contributed by atoms with Crippen LogP contribution in [-0.4, -0.2) is 11.8 Å². The Morgan fingerprint density at radius 3 is 2.07 bits per heavy atom. The molecule has 0 unspecified atom stereocenters. The van der Waals surface area contributed by atoms with Crippen LogP contribution in [0.5, 0.6) is 0 Å². The highest BCUT2D eigenvalue weighted by Crippen LogP contribution is 2.60. The number of halogens is 1. The highest BCUT2D eigenvalue weighted by Gasteiger charge is 2.52. The number of fused-ring (bicyclic) bond motifs is 1. The number of benzene rings is 2. The van der Waals surface area contributed by atoms with Crippen LogP contribution in [0.2, 0.25) is 0 Å². The first-order valence-corrected chi connectivity index (χ1v) is 10.3. The number of hydrogen-bond acceptors (Lipinski definition) is 2. The lowest BCUT2D eigenvalue weighted by molar-refractivity contribution is -0.00520. The normalized spacial score (nSPS) is 32.9. The van der Waals surface area contributed by atoms with Gasteiger partial charge in [0.25, 0.3) is 11.8 Å². The van der Waals surface area contributed by atoms with Crippen LogP contribution in [-0.2, 0) is 5.41 Å². The lowest BCUT2D eigenvalue weighted by Crippen LogP contribution is -2.48. The van der Waals surface area contributed by atoms with Crippen molar-refractivity contribution in [2.45, 2.75) is 43.9 Å². The molecule has 5 aliphatic rings. The van der Waals surface area contributed by atoms with Gasteiger partial charge in [-0.25, -0.2) is 9.29 Å². The van der Waals surface area contributed by atoms with Gasteiger partial charge in [0.05, 0.1) is 16.8 Å². The van der Waals surface area contributed by atoms with Crippen LogP contribution in [0.3, 0.4) is 0 Å². The van der Waals surface area contributed by atoms with Crippen LogP contribution in [0.15, 0.2) is 42.5 Å². The van der Waals surface area contributed by atoms with E-state index in [-0.39, 0.29) is 11.1 Å². The molecule has 2 aromatic carbocycles. The Labute approximate surface area is 163 Å². The van der Waals surface area contributed by atoms with Gasteiger partial charge in [-0.1, -0.05) is 18.2 Å². The molecule has 0 atom stereocenters. The molecule has 4 heteroatoms. The van der Waals surface area contributed by atoms with E-state index < -0.39 is 17.6 Å². The van der Waals surface area contributed by atoms with E-state index in [0.717, 1.165) is 22.7 Å². The molecular formula is C24H22FNO2. The predicted molar refractivity (Wildman–Crippen MR) is 104 cm³/mol. The van der Waals surface area contributed by atoms with Crippen LogP contribution in [0, 0.1) is 23.6 Å². The van der Waals surface area contributed by atoms with Gasteiger partial charge in [0.15, 0.2) is 0 Å². The second-order valence-electron chi connectivity index (χ2n) is 9.36. The van der Waals surface area contributed by atoms with E-state index in [2.05, 4.69) is 6.07 Å². The average molecular weight is 375 g/mol. The van der Waals surface area contributed by atoms with E-state index in [0.29, 0.717) is 11.1 Å². The summed E-state index contributed by atoms with van der Waals surface area (Å²) in [5.74, 6) is 1.04. The number of rotatable bonds is 2. The van der Waals surface area contributed by atoms with Crippen molar-refractivity contribution in [2.75, 3.05) is 4.90 Å². The number of nitrogens with zero attached hydrogens (tertiary/aromatic N) is 1. The van der Waals surface area contributed by atoms with Crippen LogP contribution in [0.1, 0.15) is 64.8 Å². The predicted octanol–water partition coefficient (Wildman–Crippen LogP) is 5.09. The molecule has 4 saturated carbocycles. The highest BCUT2D eigenvalue weighted by atomic mass is 19.1. The second kappa shape index (κ2) is 5.53. The third-order valence-corrected chi connectivity index (χ3v) is 7.63. The number of amides is 2. The Bertz CT molecular complexity index is 992. The molecule has 1 aliphatic heterocycles. The minimum Gasteiger partial charge on any atom is -0.268 e. The summed E-state index contributed by atoms with van der Waals surface area (Å²) in [6.45, 7) is 0. The molecule has 0 radical (unpaired) electrons. The first-order chi connectivity index (χ1) is 13.5. The molecule has 0 aromatic heterocycles. The number of para-hydroxylation sites is 1. The van der Waals surface area contributed by atoms with E-state index >= 15 is 0 Å². The van der Waals surface area contributed by atoms with Crippen LogP contribution in [0.4, 0.5) is 10.1 Å². The molecule has 7 rings (SSSR count).